The fraction of sp³-hybridized carbons (Fsp3) is 0.692. The van der Waals surface area contributed by atoms with E-state index in [-0.39, 0.29) is 0 Å². The molecule has 0 aliphatic rings. The molecule has 2 N–H and O–H groups in total. The molecule has 2 atom stereocenters. The molecule has 0 aliphatic heterocycles. The van der Waals surface area contributed by atoms with Crippen LogP contribution in [0.1, 0.15) is 39.7 Å². The molecule has 0 aliphatic carbocycles. The van der Waals surface area contributed by atoms with Crippen LogP contribution >= 0.6 is 0 Å². The van der Waals surface area contributed by atoms with Crippen molar-refractivity contribution in [2.24, 2.45) is 5.92 Å². The molecule has 1 aromatic heterocycles. The molecule has 0 saturated heterocycles. The maximum Gasteiger partial charge on any atom is 0.134 e. The normalized spacial score (nSPS) is 14.2. The summed E-state index contributed by atoms with van der Waals surface area (Å²) in [6.07, 6.45) is 2.77. The topological polar surface area (TPSA) is 49.8 Å². The zero-order valence-electron chi connectivity index (χ0n) is 11.5. The number of hydrogen-bond donors (Lipinski definition) is 2. The molecule has 0 amide bonds. The van der Waals surface area contributed by atoms with Crippen LogP contribution < -0.4 is 10.6 Å². The number of aromatic nitrogens is 2. The molecular formula is C13H24N4. The summed E-state index contributed by atoms with van der Waals surface area (Å²) in [5.41, 5.74) is 1.09. The Balaban J connectivity index is 2.80. The first-order valence-electron chi connectivity index (χ1n) is 6.42. The van der Waals surface area contributed by atoms with Crippen molar-refractivity contribution in [1.82, 2.24) is 9.97 Å². The van der Waals surface area contributed by atoms with Crippen LogP contribution in [-0.2, 0) is 0 Å². The number of nitrogens with one attached hydrogen (secondary N) is 2. The smallest absolute Gasteiger partial charge is 0.134 e. The van der Waals surface area contributed by atoms with Crippen molar-refractivity contribution in [3.05, 3.63) is 11.9 Å². The highest BCUT2D eigenvalue weighted by Crippen LogP contribution is 2.20. The van der Waals surface area contributed by atoms with Gasteiger partial charge in [-0.15, -0.1) is 0 Å². The molecule has 0 saturated carbocycles. The third-order valence-corrected chi connectivity index (χ3v) is 3.29. The van der Waals surface area contributed by atoms with Gasteiger partial charge in [0, 0.05) is 18.2 Å². The van der Waals surface area contributed by atoms with Gasteiger partial charge in [-0.1, -0.05) is 20.3 Å². The first-order valence-corrected chi connectivity index (χ1v) is 6.42. The number of anilines is 2. The number of nitrogens with zero attached hydrogens (tertiary/aromatic N) is 2. The Labute approximate surface area is 104 Å². The van der Waals surface area contributed by atoms with E-state index < -0.39 is 0 Å². The predicted octanol–water partition coefficient (Wildman–Crippen LogP) is 3.06. The van der Waals surface area contributed by atoms with Crippen molar-refractivity contribution in [3.63, 3.8) is 0 Å². The average Bonchev–Trinajstić information content (AvgIpc) is 2.33. The van der Waals surface area contributed by atoms with Gasteiger partial charge in [0.05, 0.1) is 0 Å². The van der Waals surface area contributed by atoms with E-state index in [1.807, 2.05) is 6.92 Å². The van der Waals surface area contributed by atoms with Gasteiger partial charge >= 0.3 is 0 Å². The molecule has 0 fully saturated rings. The van der Waals surface area contributed by atoms with Gasteiger partial charge in [-0.25, -0.2) is 9.97 Å². The van der Waals surface area contributed by atoms with Crippen molar-refractivity contribution in [3.8, 4) is 0 Å². The first kappa shape index (κ1) is 13.7. The fourth-order valence-electron chi connectivity index (χ4n) is 1.65. The van der Waals surface area contributed by atoms with Gasteiger partial charge in [0.15, 0.2) is 0 Å². The second kappa shape index (κ2) is 6.42. The standard InChI is InChI=1S/C13H24N4/c1-6-9(3)11(5)17-13-10(4)12(14-7-2)15-8-16-13/h8-9,11H,6-7H2,1-5H3,(H2,14,15,16,17). The van der Waals surface area contributed by atoms with Gasteiger partial charge in [-0.3, -0.25) is 0 Å². The first-order chi connectivity index (χ1) is 8.10. The summed E-state index contributed by atoms with van der Waals surface area (Å²) < 4.78 is 0. The second-order valence-corrected chi connectivity index (χ2v) is 4.54. The van der Waals surface area contributed by atoms with Crippen molar-refractivity contribution in [1.29, 1.82) is 0 Å². The Kier molecular flexibility index (Phi) is 5.19. The van der Waals surface area contributed by atoms with Crippen LogP contribution in [0.2, 0.25) is 0 Å². The Morgan fingerprint density at radius 3 is 2.41 bits per heavy atom. The predicted molar refractivity (Wildman–Crippen MR) is 73.5 cm³/mol. The van der Waals surface area contributed by atoms with Crippen LogP contribution in [0.15, 0.2) is 6.33 Å². The molecule has 0 spiro atoms. The highest BCUT2D eigenvalue weighted by Gasteiger charge is 2.13. The summed E-state index contributed by atoms with van der Waals surface area (Å²) in [4.78, 5) is 8.55. The van der Waals surface area contributed by atoms with Crippen LogP contribution in [0.5, 0.6) is 0 Å². The van der Waals surface area contributed by atoms with E-state index in [1.165, 1.54) is 6.42 Å². The fourth-order valence-corrected chi connectivity index (χ4v) is 1.65. The molecule has 17 heavy (non-hydrogen) atoms. The highest BCUT2D eigenvalue weighted by atomic mass is 15.1. The van der Waals surface area contributed by atoms with Crippen molar-refractivity contribution >= 4 is 11.6 Å². The number of rotatable bonds is 6. The average molecular weight is 236 g/mol. The van der Waals surface area contributed by atoms with E-state index >= 15 is 0 Å². The van der Waals surface area contributed by atoms with E-state index in [1.54, 1.807) is 6.33 Å². The summed E-state index contributed by atoms with van der Waals surface area (Å²) in [5, 5.41) is 6.71. The maximum atomic E-state index is 4.32. The van der Waals surface area contributed by atoms with Crippen LogP contribution in [-0.4, -0.2) is 22.6 Å². The van der Waals surface area contributed by atoms with Gasteiger partial charge < -0.3 is 10.6 Å². The Bertz CT molecular complexity index is 351. The SMILES string of the molecule is CCNc1ncnc(NC(C)C(C)CC)c1C. The third kappa shape index (κ3) is 3.58. The Morgan fingerprint density at radius 1 is 1.18 bits per heavy atom. The molecule has 0 radical (unpaired) electrons. The maximum absolute atomic E-state index is 4.32. The van der Waals surface area contributed by atoms with E-state index in [0.29, 0.717) is 12.0 Å². The monoisotopic (exact) mass is 236 g/mol. The summed E-state index contributed by atoms with van der Waals surface area (Å²) in [5.74, 6) is 2.48. The number of hydrogen-bond acceptors (Lipinski definition) is 4. The largest absolute Gasteiger partial charge is 0.370 e. The Hall–Kier alpha value is -1.32. The van der Waals surface area contributed by atoms with Gasteiger partial charge in [0.2, 0.25) is 0 Å². The van der Waals surface area contributed by atoms with Crippen molar-refractivity contribution in [2.45, 2.75) is 47.1 Å². The Morgan fingerprint density at radius 2 is 1.82 bits per heavy atom. The van der Waals surface area contributed by atoms with Gasteiger partial charge in [-0.2, -0.15) is 0 Å². The lowest BCUT2D eigenvalue weighted by Crippen LogP contribution is -2.24. The lowest BCUT2D eigenvalue weighted by molar-refractivity contribution is 0.493. The van der Waals surface area contributed by atoms with E-state index in [2.05, 4.69) is 48.3 Å². The molecule has 0 bridgehead atoms. The van der Waals surface area contributed by atoms with E-state index in [4.69, 9.17) is 0 Å². The molecule has 4 nitrogen and oxygen atoms in total. The lowest BCUT2D eigenvalue weighted by Gasteiger charge is -2.22. The van der Waals surface area contributed by atoms with Crippen LogP contribution in [0, 0.1) is 12.8 Å². The molecule has 1 heterocycles. The highest BCUT2D eigenvalue weighted by molar-refractivity contribution is 5.56. The van der Waals surface area contributed by atoms with Gasteiger partial charge in [-0.05, 0) is 26.7 Å². The van der Waals surface area contributed by atoms with Crippen LogP contribution in [0.4, 0.5) is 11.6 Å². The van der Waals surface area contributed by atoms with Crippen molar-refractivity contribution in [2.75, 3.05) is 17.2 Å². The molecule has 1 rings (SSSR count). The minimum absolute atomic E-state index is 0.420. The third-order valence-electron chi connectivity index (χ3n) is 3.29. The van der Waals surface area contributed by atoms with Gasteiger partial charge in [0.25, 0.3) is 0 Å². The minimum Gasteiger partial charge on any atom is -0.370 e. The molecule has 0 aromatic carbocycles. The molecule has 96 valence electrons. The lowest BCUT2D eigenvalue weighted by atomic mass is 10.0. The molecular weight excluding hydrogens is 212 g/mol. The van der Waals surface area contributed by atoms with Crippen molar-refractivity contribution < 1.29 is 0 Å². The zero-order valence-corrected chi connectivity index (χ0v) is 11.5. The summed E-state index contributed by atoms with van der Waals surface area (Å²) >= 11 is 0. The zero-order chi connectivity index (χ0) is 12.8. The summed E-state index contributed by atoms with van der Waals surface area (Å²) in [6.45, 7) is 11.6. The van der Waals surface area contributed by atoms with Crippen LogP contribution in [0.3, 0.4) is 0 Å². The summed E-state index contributed by atoms with van der Waals surface area (Å²) in [7, 11) is 0. The van der Waals surface area contributed by atoms with Crippen LogP contribution in [0.25, 0.3) is 0 Å². The molecule has 1 aromatic rings. The molecule has 2 unspecified atom stereocenters. The molecule has 4 heteroatoms. The van der Waals surface area contributed by atoms with Gasteiger partial charge in [0.1, 0.15) is 18.0 Å². The minimum atomic E-state index is 0.420. The second-order valence-electron chi connectivity index (χ2n) is 4.54. The van der Waals surface area contributed by atoms with E-state index in [9.17, 15) is 0 Å². The quantitative estimate of drug-likeness (QED) is 0.797. The van der Waals surface area contributed by atoms with E-state index in [0.717, 1.165) is 23.7 Å². The summed E-state index contributed by atoms with van der Waals surface area (Å²) in [6, 6.07) is 0.420.